The zero-order chi connectivity index (χ0) is 23.9. The summed E-state index contributed by atoms with van der Waals surface area (Å²) in [5, 5.41) is 62.4. The Hall–Kier alpha value is -0.480. The molecule has 3 fully saturated rings. The molecule has 3 aliphatic heterocycles. The van der Waals surface area contributed by atoms with Crippen LogP contribution in [0.3, 0.4) is 0 Å². The molecule has 3 aliphatic rings. The molecular weight excluding hydrogens is 432 g/mol. The summed E-state index contributed by atoms with van der Waals surface area (Å²) in [6.07, 6.45) is -16.8. The van der Waals surface area contributed by atoms with Crippen molar-refractivity contribution in [3.05, 3.63) is 0 Å². The second kappa shape index (κ2) is 10.4. The van der Waals surface area contributed by atoms with E-state index in [1.165, 1.54) is 14.0 Å². The molecule has 0 aromatic rings. The van der Waals surface area contributed by atoms with Gasteiger partial charge in [-0.25, -0.2) is 0 Å². The van der Waals surface area contributed by atoms with Gasteiger partial charge < -0.3 is 59.1 Å². The molecule has 0 aliphatic carbocycles. The Labute approximate surface area is 186 Å². The lowest BCUT2D eigenvalue weighted by atomic mass is 9.95. The van der Waals surface area contributed by atoms with Gasteiger partial charge in [0, 0.05) is 7.11 Å². The Bertz CT molecular complexity index is 609. The first-order valence-electron chi connectivity index (χ1n) is 10.9. The number of aliphatic hydroxyl groups excluding tert-OH is 6. The highest BCUT2D eigenvalue weighted by Crippen LogP contribution is 2.33. The lowest BCUT2D eigenvalue weighted by Crippen LogP contribution is -2.65. The molecule has 12 heteroatoms. The Morgan fingerprint density at radius 3 is 1.53 bits per heavy atom. The maximum Gasteiger partial charge on any atom is 0.187 e. The van der Waals surface area contributed by atoms with E-state index in [-0.39, 0.29) is 0 Å². The Morgan fingerprint density at radius 1 is 0.469 bits per heavy atom. The predicted octanol–water partition coefficient (Wildman–Crippen LogP) is -2.77. The second-order valence-corrected chi connectivity index (χ2v) is 8.81. The second-order valence-electron chi connectivity index (χ2n) is 8.81. The molecule has 0 amide bonds. The molecule has 9 unspecified atom stereocenters. The Balaban J connectivity index is 1.80. The normalized spacial score (nSPS) is 55.0. The van der Waals surface area contributed by atoms with Gasteiger partial charge in [0.05, 0.1) is 24.4 Å². The van der Waals surface area contributed by atoms with Gasteiger partial charge in [0.1, 0.15) is 54.9 Å². The van der Waals surface area contributed by atoms with E-state index in [4.69, 9.17) is 28.4 Å². The minimum Gasteiger partial charge on any atom is -0.388 e. The van der Waals surface area contributed by atoms with Crippen LogP contribution in [0.2, 0.25) is 0 Å². The van der Waals surface area contributed by atoms with Gasteiger partial charge in [-0.15, -0.1) is 0 Å². The fourth-order valence-corrected chi connectivity index (χ4v) is 4.39. The number of rotatable bonds is 5. The van der Waals surface area contributed by atoms with Crippen molar-refractivity contribution in [3.63, 3.8) is 0 Å². The van der Waals surface area contributed by atoms with E-state index < -0.39 is 91.9 Å². The van der Waals surface area contributed by atoms with Crippen molar-refractivity contribution in [2.45, 2.75) is 120 Å². The summed E-state index contributed by atoms with van der Waals surface area (Å²) in [6.45, 7) is 6.37. The molecular formula is C20H36O12. The zero-order valence-electron chi connectivity index (χ0n) is 18.8. The van der Waals surface area contributed by atoms with Gasteiger partial charge in [-0.05, 0) is 27.7 Å². The van der Waals surface area contributed by atoms with Crippen LogP contribution in [0.4, 0.5) is 0 Å². The SMILES string of the molecule is COC1[C@@H](O)C(C)O[C@H](OC2C(O)[C@@H](O)C(C)O[C@@H]2OC2C(C)OC(C)[C@H](O)C2O)[C@@H]1O. The smallest absolute Gasteiger partial charge is 0.187 e. The first kappa shape index (κ1) is 26.1. The average Bonchev–Trinajstić information content (AvgIpc) is 2.74. The van der Waals surface area contributed by atoms with E-state index in [9.17, 15) is 30.6 Å². The fourth-order valence-electron chi connectivity index (χ4n) is 4.39. The number of aliphatic hydroxyl groups is 6. The van der Waals surface area contributed by atoms with Gasteiger partial charge >= 0.3 is 0 Å². The lowest BCUT2D eigenvalue weighted by molar-refractivity contribution is -0.377. The summed E-state index contributed by atoms with van der Waals surface area (Å²) in [4.78, 5) is 0. The van der Waals surface area contributed by atoms with Crippen LogP contribution < -0.4 is 0 Å². The quantitative estimate of drug-likeness (QED) is 0.245. The Morgan fingerprint density at radius 2 is 0.938 bits per heavy atom. The van der Waals surface area contributed by atoms with E-state index in [2.05, 4.69) is 0 Å². The summed E-state index contributed by atoms with van der Waals surface area (Å²) in [7, 11) is 1.32. The molecule has 15 atom stereocenters. The van der Waals surface area contributed by atoms with Crippen molar-refractivity contribution in [2.75, 3.05) is 7.11 Å². The molecule has 12 nitrogen and oxygen atoms in total. The minimum atomic E-state index is -1.50. The van der Waals surface area contributed by atoms with Crippen LogP contribution in [0.15, 0.2) is 0 Å². The zero-order valence-corrected chi connectivity index (χ0v) is 18.8. The van der Waals surface area contributed by atoms with Crippen LogP contribution in [0.25, 0.3) is 0 Å². The first-order chi connectivity index (χ1) is 15.0. The van der Waals surface area contributed by atoms with Gasteiger partial charge in [0.25, 0.3) is 0 Å². The molecule has 0 radical (unpaired) electrons. The largest absolute Gasteiger partial charge is 0.388 e. The molecule has 6 N–H and O–H groups in total. The van der Waals surface area contributed by atoms with Crippen LogP contribution in [0.1, 0.15) is 27.7 Å². The van der Waals surface area contributed by atoms with Crippen molar-refractivity contribution in [1.82, 2.24) is 0 Å². The topological polar surface area (TPSA) is 177 Å². The average molecular weight is 468 g/mol. The Kier molecular flexibility index (Phi) is 8.51. The van der Waals surface area contributed by atoms with Crippen LogP contribution in [0.5, 0.6) is 0 Å². The number of hydrogen-bond donors (Lipinski definition) is 6. The van der Waals surface area contributed by atoms with E-state index >= 15 is 0 Å². The number of methoxy groups -OCH3 is 1. The molecule has 3 heterocycles. The van der Waals surface area contributed by atoms with Crippen molar-refractivity contribution in [1.29, 1.82) is 0 Å². The maximum absolute atomic E-state index is 10.7. The van der Waals surface area contributed by atoms with Gasteiger partial charge in [0.2, 0.25) is 0 Å². The molecule has 0 aromatic heterocycles. The summed E-state index contributed by atoms with van der Waals surface area (Å²) in [6, 6.07) is 0. The third-order valence-electron chi connectivity index (χ3n) is 6.48. The number of hydrogen-bond acceptors (Lipinski definition) is 12. The van der Waals surface area contributed by atoms with E-state index in [1.807, 2.05) is 0 Å². The molecule has 0 bridgehead atoms. The number of ether oxygens (including phenoxy) is 6. The van der Waals surface area contributed by atoms with Crippen molar-refractivity contribution in [3.8, 4) is 0 Å². The summed E-state index contributed by atoms with van der Waals surface area (Å²) in [5.41, 5.74) is 0. The standard InChI is InChI=1S/C20H36O12/c1-6-10(21)13(24)16(9(4)28-6)31-20-18(14(25)11(22)7(2)30-20)32-19-15(26)17(27-5)12(23)8(3)29-19/h6-26H,1-5H3/t6?,7?,8?,9?,10-,11-,12-,13?,14?,15+,16?,17?,18?,19+,20+/m0/s1. The van der Waals surface area contributed by atoms with Crippen molar-refractivity contribution < 1.29 is 59.1 Å². The van der Waals surface area contributed by atoms with Crippen molar-refractivity contribution in [2.24, 2.45) is 0 Å². The van der Waals surface area contributed by atoms with Crippen LogP contribution in [-0.2, 0) is 28.4 Å². The maximum atomic E-state index is 10.7. The third kappa shape index (κ3) is 4.97. The predicted molar refractivity (Wildman–Crippen MR) is 105 cm³/mol. The highest BCUT2D eigenvalue weighted by Gasteiger charge is 2.52. The molecule has 188 valence electrons. The molecule has 32 heavy (non-hydrogen) atoms. The van der Waals surface area contributed by atoms with Gasteiger partial charge in [0.15, 0.2) is 12.6 Å². The minimum absolute atomic E-state index is 0.616. The first-order valence-corrected chi connectivity index (χ1v) is 10.9. The fraction of sp³-hybridized carbons (Fsp3) is 1.00. The van der Waals surface area contributed by atoms with E-state index in [1.54, 1.807) is 20.8 Å². The van der Waals surface area contributed by atoms with E-state index in [0.29, 0.717) is 0 Å². The third-order valence-corrected chi connectivity index (χ3v) is 6.48. The van der Waals surface area contributed by atoms with Crippen LogP contribution in [-0.4, -0.2) is 130 Å². The van der Waals surface area contributed by atoms with Crippen LogP contribution >= 0.6 is 0 Å². The lowest BCUT2D eigenvalue weighted by Gasteiger charge is -2.48. The molecule has 3 rings (SSSR count). The van der Waals surface area contributed by atoms with Crippen LogP contribution in [0, 0.1) is 0 Å². The summed E-state index contributed by atoms with van der Waals surface area (Å²) < 4.78 is 33.7. The summed E-state index contributed by atoms with van der Waals surface area (Å²) >= 11 is 0. The highest BCUT2D eigenvalue weighted by molar-refractivity contribution is 4.95. The molecule has 0 saturated carbocycles. The molecule has 3 saturated heterocycles. The summed E-state index contributed by atoms with van der Waals surface area (Å²) in [5.74, 6) is 0. The molecule has 0 spiro atoms. The van der Waals surface area contributed by atoms with Gasteiger partial charge in [-0.2, -0.15) is 0 Å². The molecule has 0 aromatic carbocycles. The van der Waals surface area contributed by atoms with Gasteiger partial charge in [-0.1, -0.05) is 0 Å². The van der Waals surface area contributed by atoms with Gasteiger partial charge in [-0.3, -0.25) is 0 Å². The van der Waals surface area contributed by atoms with E-state index in [0.717, 1.165) is 0 Å². The monoisotopic (exact) mass is 468 g/mol. The van der Waals surface area contributed by atoms with Crippen molar-refractivity contribution >= 4 is 0 Å². The highest BCUT2D eigenvalue weighted by atomic mass is 16.8.